The summed E-state index contributed by atoms with van der Waals surface area (Å²) < 4.78 is 6.12. The second-order valence-corrected chi connectivity index (χ2v) is 6.16. The number of hydrogen-bond donors (Lipinski definition) is 2. The molecule has 0 spiro atoms. The van der Waals surface area contributed by atoms with Crippen molar-refractivity contribution in [2.45, 2.75) is 18.9 Å². The number of carbonyl (C=O) groups excluding carboxylic acids is 2. The molecule has 2 amide bonds. The Morgan fingerprint density at radius 3 is 2.96 bits per heavy atom. The van der Waals surface area contributed by atoms with E-state index in [1.54, 1.807) is 17.4 Å². The monoisotopic (exact) mass is 357 g/mol. The number of carbonyl (C=O) groups is 2. The molecular weight excluding hydrogens is 338 g/mol. The van der Waals surface area contributed by atoms with Gasteiger partial charge in [-0.2, -0.15) is 5.26 Å². The second kappa shape index (κ2) is 9.45. The molecule has 0 saturated heterocycles. The van der Waals surface area contributed by atoms with E-state index in [0.29, 0.717) is 12.8 Å². The predicted octanol–water partition coefficient (Wildman–Crippen LogP) is 2.75. The van der Waals surface area contributed by atoms with Gasteiger partial charge in [0.2, 0.25) is 5.91 Å². The van der Waals surface area contributed by atoms with Crippen molar-refractivity contribution < 1.29 is 14.3 Å². The summed E-state index contributed by atoms with van der Waals surface area (Å²) in [5.41, 5.74) is 0.962. The van der Waals surface area contributed by atoms with Gasteiger partial charge in [-0.05, 0) is 28.8 Å². The van der Waals surface area contributed by atoms with E-state index >= 15 is 0 Å². The van der Waals surface area contributed by atoms with Gasteiger partial charge in [0, 0.05) is 11.1 Å². The lowest BCUT2D eigenvalue weighted by molar-refractivity contribution is -0.122. The summed E-state index contributed by atoms with van der Waals surface area (Å²) >= 11 is 1.58. The van der Waals surface area contributed by atoms with Crippen molar-refractivity contribution in [2.75, 3.05) is 13.2 Å². The highest BCUT2D eigenvalue weighted by molar-refractivity contribution is 7.17. The van der Waals surface area contributed by atoms with Crippen LogP contribution in [0.3, 0.4) is 0 Å². The van der Waals surface area contributed by atoms with E-state index in [1.807, 2.05) is 35.7 Å². The highest BCUT2D eigenvalue weighted by atomic mass is 32.1. The Bertz CT molecular complexity index is 794. The summed E-state index contributed by atoms with van der Waals surface area (Å²) in [6, 6.07) is 8.90. The SMILES string of the molecule is C=CCCOC(=O)NC(Cc1csc2ccccc12)C(=O)NCC#N. The van der Waals surface area contributed by atoms with E-state index in [1.165, 1.54) is 0 Å². The van der Waals surface area contributed by atoms with Crippen molar-refractivity contribution in [2.24, 2.45) is 0 Å². The van der Waals surface area contributed by atoms with Crippen LogP contribution in [0.5, 0.6) is 0 Å². The molecule has 0 radical (unpaired) electrons. The molecule has 2 N–H and O–H groups in total. The predicted molar refractivity (Wildman–Crippen MR) is 97.2 cm³/mol. The minimum Gasteiger partial charge on any atom is -0.449 e. The molecular formula is C18H19N3O3S. The molecule has 2 aromatic rings. The summed E-state index contributed by atoms with van der Waals surface area (Å²) in [6.07, 6.45) is 1.83. The molecule has 0 fully saturated rings. The molecule has 0 aliphatic carbocycles. The quantitative estimate of drug-likeness (QED) is 0.432. The smallest absolute Gasteiger partial charge is 0.407 e. The summed E-state index contributed by atoms with van der Waals surface area (Å²) in [5, 5.41) is 16.7. The van der Waals surface area contributed by atoms with Crippen LogP contribution in [-0.2, 0) is 16.0 Å². The molecule has 0 aliphatic rings. The number of nitriles is 1. The van der Waals surface area contributed by atoms with E-state index in [2.05, 4.69) is 17.2 Å². The molecule has 6 nitrogen and oxygen atoms in total. The fraction of sp³-hybridized carbons (Fsp3) is 0.278. The van der Waals surface area contributed by atoms with E-state index in [9.17, 15) is 9.59 Å². The van der Waals surface area contributed by atoms with Gasteiger partial charge in [-0.15, -0.1) is 17.9 Å². The average molecular weight is 357 g/mol. The van der Waals surface area contributed by atoms with Gasteiger partial charge < -0.3 is 15.4 Å². The molecule has 1 heterocycles. The third-order valence-electron chi connectivity index (χ3n) is 3.49. The number of ether oxygens (including phenoxy) is 1. The first-order valence-corrected chi connectivity index (χ1v) is 8.67. The standard InChI is InChI=1S/C18H19N3O3S/c1-2-3-10-24-18(23)21-15(17(22)20-9-8-19)11-13-12-25-16-7-5-4-6-14(13)16/h2,4-7,12,15H,1,3,9-11H2,(H,20,22)(H,21,23). The molecule has 1 aromatic heterocycles. The molecule has 25 heavy (non-hydrogen) atoms. The number of hydrogen-bond acceptors (Lipinski definition) is 5. The maximum absolute atomic E-state index is 12.3. The Morgan fingerprint density at radius 2 is 2.20 bits per heavy atom. The van der Waals surface area contributed by atoms with Gasteiger partial charge in [-0.1, -0.05) is 24.3 Å². The first-order chi connectivity index (χ1) is 12.2. The van der Waals surface area contributed by atoms with Crippen LogP contribution in [-0.4, -0.2) is 31.2 Å². The molecule has 1 atom stereocenters. The van der Waals surface area contributed by atoms with Crippen LogP contribution in [0, 0.1) is 11.3 Å². The maximum atomic E-state index is 12.3. The Balaban J connectivity index is 2.10. The third-order valence-corrected chi connectivity index (χ3v) is 4.50. The van der Waals surface area contributed by atoms with E-state index in [0.717, 1.165) is 15.6 Å². The molecule has 2 rings (SSSR count). The minimum absolute atomic E-state index is 0.118. The van der Waals surface area contributed by atoms with Crippen LogP contribution in [0.15, 0.2) is 42.3 Å². The van der Waals surface area contributed by atoms with Crippen LogP contribution in [0.1, 0.15) is 12.0 Å². The second-order valence-electron chi connectivity index (χ2n) is 5.25. The topological polar surface area (TPSA) is 91.2 Å². The Labute approximate surface area is 150 Å². The van der Waals surface area contributed by atoms with Crippen LogP contribution in [0.25, 0.3) is 10.1 Å². The van der Waals surface area contributed by atoms with Gasteiger partial charge in [0.25, 0.3) is 0 Å². The highest BCUT2D eigenvalue weighted by Gasteiger charge is 2.23. The summed E-state index contributed by atoms with van der Waals surface area (Å²) in [4.78, 5) is 24.2. The zero-order valence-corrected chi connectivity index (χ0v) is 14.5. The fourth-order valence-electron chi connectivity index (χ4n) is 2.29. The van der Waals surface area contributed by atoms with Crippen LogP contribution in [0.2, 0.25) is 0 Å². The fourth-order valence-corrected chi connectivity index (χ4v) is 3.26. The van der Waals surface area contributed by atoms with Gasteiger partial charge in [0.1, 0.15) is 12.6 Å². The first kappa shape index (κ1) is 18.5. The van der Waals surface area contributed by atoms with Crippen LogP contribution in [0.4, 0.5) is 4.79 Å². The van der Waals surface area contributed by atoms with E-state index < -0.39 is 18.0 Å². The Kier molecular flexibility index (Phi) is 6.99. The third kappa shape index (κ3) is 5.33. The number of fused-ring (bicyclic) bond motifs is 1. The first-order valence-electron chi connectivity index (χ1n) is 7.79. The minimum atomic E-state index is -0.817. The molecule has 0 bridgehead atoms. The van der Waals surface area contributed by atoms with Crippen molar-refractivity contribution in [1.82, 2.24) is 10.6 Å². The van der Waals surface area contributed by atoms with Crippen molar-refractivity contribution in [3.63, 3.8) is 0 Å². The molecule has 1 aromatic carbocycles. The number of amides is 2. The normalized spacial score (nSPS) is 11.3. The number of benzene rings is 1. The Hall–Kier alpha value is -2.85. The number of thiophene rings is 1. The van der Waals surface area contributed by atoms with Gasteiger partial charge in [-0.3, -0.25) is 4.79 Å². The highest BCUT2D eigenvalue weighted by Crippen LogP contribution is 2.26. The summed E-state index contributed by atoms with van der Waals surface area (Å²) in [7, 11) is 0. The average Bonchev–Trinajstić information content (AvgIpc) is 3.02. The maximum Gasteiger partial charge on any atom is 0.407 e. The summed E-state index contributed by atoms with van der Waals surface area (Å²) in [6.45, 7) is 3.63. The lowest BCUT2D eigenvalue weighted by Gasteiger charge is -2.17. The number of alkyl carbamates (subject to hydrolysis) is 1. The van der Waals surface area contributed by atoms with E-state index in [-0.39, 0.29) is 13.2 Å². The molecule has 130 valence electrons. The number of nitrogens with one attached hydrogen (secondary N) is 2. The molecule has 0 aliphatic heterocycles. The van der Waals surface area contributed by atoms with Crippen molar-refractivity contribution in [1.29, 1.82) is 5.26 Å². The van der Waals surface area contributed by atoms with Gasteiger partial charge in [-0.25, -0.2) is 4.79 Å². The number of rotatable bonds is 8. The lowest BCUT2D eigenvalue weighted by atomic mass is 10.0. The molecule has 1 unspecified atom stereocenters. The van der Waals surface area contributed by atoms with Gasteiger partial charge in [0.05, 0.1) is 12.7 Å². The molecule has 0 saturated carbocycles. The lowest BCUT2D eigenvalue weighted by Crippen LogP contribution is -2.48. The van der Waals surface area contributed by atoms with Crippen molar-refractivity contribution in [3.05, 3.63) is 47.9 Å². The van der Waals surface area contributed by atoms with E-state index in [4.69, 9.17) is 10.00 Å². The van der Waals surface area contributed by atoms with Crippen LogP contribution >= 0.6 is 11.3 Å². The van der Waals surface area contributed by atoms with Crippen molar-refractivity contribution in [3.8, 4) is 6.07 Å². The largest absolute Gasteiger partial charge is 0.449 e. The number of nitrogens with zero attached hydrogens (tertiary/aromatic N) is 1. The van der Waals surface area contributed by atoms with Gasteiger partial charge >= 0.3 is 6.09 Å². The summed E-state index contributed by atoms with van der Waals surface area (Å²) in [5.74, 6) is -0.419. The van der Waals surface area contributed by atoms with Crippen molar-refractivity contribution >= 4 is 33.4 Å². The van der Waals surface area contributed by atoms with Crippen LogP contribution < -0.4 is 10.6 Å². The zero-order valence-electron chi connectivity index (χ0n) is 13.7. The zero-order chi connectivity index (χ0) is 18.1. The van der Waals surface area contributed by atoms with Gasteiger partial charge in [0.15, 0.2) is 0 Å². The Morgan fingerprint density at radius 1 is 1.40 bits per heavy atom. The molecule has 7 heteroatoms.